The van der Waals surface area contributed by atoms with Gasteiger partial charge in [0.2, 0.25) is 23.6 Å². The van der Waals surface area contributed by atoms with Crippen LogP contribution in [0.25, 0.3) is 19.4 Å². The molecular formula is C72H99FN12O5. The van der Waals surface area contributed by atoms with Gasteiger partial charge in [-0.15, -0.1) is 0 Å². The van der Waals surface area contributed by atoms with Crippen molar-refractivity contribution in [3.8, 4) is 0 Å². The first kappa shape index (κ1) is 59.3. The second-order valence-electron chi connectivity index (χ2n) is 35.9. The van der Waals surface area contributed by atoms with Crippen molar-refractivity contribution >= 4 is 23.6 Å². The van der Waals surface area contributed by atoms with Crippen LogP contribution < -0.4 is 22.9 Å². The van der Waals surface area contributed by atoms with Crippen LogP contribution in [0.3, 0.4) is 0 Å². The number of carbonyl (C=O) groups is 4. The Hall–Kier alpha value is -4.43. The largest absolute Gasteiger partial charge is 0.390 e. The van der Waals surface area contributed by atoms with E-state index in [0.29, 0.717) is 103 Å². The minimum Gasteiger partial charge on any atom is -0.390 e. The molecule has 20 saturated carbocycles. The Labute approximate surface area is 532 Å². The summed E-state index contributed by atoms with van der Waals surface area (Å²) in [6, 6.07) is -0.676. The molecule has 24 aliphatic rings. The smallest absolute Gasteiger partial charge is 0.301 e. The zero-order valence-corrected chi connectivity index (χ0v) is 52.9. The number of rotatable bonds is 8. The summed E-state index contributed by atoms with van der Waals surface area (Å²) in [7, 11) is 0. The number of carbonyl (C=O) groups excluding carboxylic acids is 4. The molecule has 24 rings (SSSR count). The van der Waals surface area contributed by atoms with E-state index in [1.54, 1.807) is 4.90 Å². The molecule has 0 spiro atoms. The van der Waals surface area contributed by atoms with Crippen LogP contribution >= 0.6 is 0 Å². The fourth-order valence-electron chi connectivity index (χ4n) is 27.4. The van der Waals surface area contributed by atoms with E-state index in [1.807, 2.05) is 14.7 Å². The lowest BCUT2D eigenvalue weighted by Gasteiger charge is -2.61. The quantitative estimate of drug-likeness (QED) is 0.147. The lowest BCUT2D eigenvalue weighted by Crippen LogP contribution is -2.64. The minimum atomic E-state index is -1.09. The van der Waals surface area contributed by atoms with Crippen LogP contribution in [0.5, 0.6) is 0 Å². The Morgan fingerprint density at radius 1 is 0.367 bits per heavy atom. The molecule has 4 aliphatic heterocycles. The van der Waals surface area contributed by atoms with Crippen LogP contribution in [0.4, 0.5) is 4.39 Å². The highest BCUT2D eigenvalue weighted by molar-refractivity contribution is 5.86. The first-order valence-electron chi connectivity index (χ1n) is 36.3. The van der Waals surface area contributed by atoms with Crippen LogP contribution in [-0.2, 0) is 19.2 Å². The van der Waals surface area contributed by atoms with Crippen LogP contribution in [0.1, 0.15) is 199 Å². The topological polar surface area (TPSA) is 223 Å². The number of nitrogens with two attached hydrogens (primary N) is 4. The van der Waals surface area contributed by atoms with E-state index in [4.69, 9.17) is 49.2 Å². The summed E-state index contributed by atoms with van der Waals surface area (Å²) < 4.78 is 15.1. The zero-order valence-electron chi connectivity index (χ0n) is 52.9. The maximum Gasteiger partial charge on any atom is 0.301 e. The van der Waals surface area contributed by atoms with Gasteiger partial charge in [-0.3, -0.25) is 58.2 Å². The first-order chi connectivity index (χ1) is 43.1. The van der Waals surface area contributed by atoms with E-state index in [1.165, 1.54) is 57.8 Å². The van der Waals surface area contributed by atoms with Gasteiger partial charge in [-0.25, -0.2) is 30.7 Å². The monoisotopic (exact) mass is 1230 g/mol. The molecule has 20 aliphatic carbocycles. The fraction of sp³-hybridized carbons (Fsp3) is 0.889. The fourth-order valence-corrected chi connectivity index (χ4v) is 27.4. The Balaban J connectivity index is 0.0000000925. The van der Waals surface area contributed by atoms with Crippen molar-refractivity contribution < 1.29 is 28.7 Å². The molecule has 4 saturated heterocycles. The van der Waals surface area contributed by atoms with Crippen molar-refractivity contribution in [3.63, 3.8) is 0 Å². The summed E-state index contributed by atoms with van der Waals surface area (Å²) >= 11 is 0. The number of alkyl halides is 1. The van der Waals surface area contributed by atoms with E-state index < -0.39 is 23.4 Å². The normalized spacial score (nSPS) is 53.0. The molecule has 4 heterocycles. The molecule has 8 unspecified atom stereocenters. The average molecular weight is 1230 g/mol. The van der Waals surface area contributed by atoms with Gasteiger partial charge >= 0.3 is 24.7 Å². The van der Waals surface area contributed by atoms with Crippen molar-refractivity contribution in [2.75, 3.05) is 0 Å². The first-order valence-corrected chi connectivity index (χ1v) is 36.3. The van der Waals surface area contributed by atoms with E-state index in [0.717, 1.165) is 145 Å². The highest BCUT2D eigenvalue weighted by atomic mass is 19.1. The molecule has 24 fully saturated rings. The molecule has 18 heteroatoms. The summed E-state index contributed by atoms with van der Waals surface area (Å²) in [4.78, 5) is 74.5. The Morgan fingerprint density at radius 3 is 1.01 bits per heavy atom. The van der Waals surface area contributed by atoms with Gasteiger partial charge in [-0.2, -0.15) is 0 Å². The molecule has 0 aromatic rings. The predicted molar refractivity (Wildman–Crippen MR) is 331 cm³/mol. The molecular weight excluding hydrogens is 1130 g/mol. The van der Waals surface area contributed by atoms with E-state index >= 15 is 4.39 Å². The number of aliphatic hydroxyl groups is 1. The van der Waals surface area contributed by atoms with E-state index in [2.05, 4.69) is 19.4 Å². The standard InChI is InChI=1S/C18H24FN3O.C18H25N3O2.2C18H25N3O/c1-21-14-4-12-3-13(12)22(14)16(23)15(20)17-5-10-2-11(6-17)8-18(19,7-10)9-17;1-20-14-4-12-3-13(12)21(14)16(22)15(19)17-5-10-2-11(6-17)8-18(23,7-10)9-17;1-20-15-6-13-5-14(13)21(15)17(22)16(19)18-7-10-2-11(8-18)4-12(3-10)9-18;1-20-15-8-11-7-14(11)21(15)18(22)17(19)16-12-3-9-2-10(5-12)6-13(16)4-9/h10-15H,2-9,20H2;10-15,23H,2-9,19H2;10-16H,2-9,19H2;9-17H,2-8,19H2/t2*10?,11?,12-,13?,14-,15+,17?,18?;10?,11?,12?,13-,14?,15-,16+,18?;9?,10?,11-,12?,13?,14?,15-,16?,17-/m0000/s1. The molecule has 0 aromatic carbocycles. The summed E-state index contributed by atoms with van der Waals surface area (Å²) in [6.07, 6.45) is 31.2. The molecule has 9 N–H and O–H groups in total. The van der Waals surface area contributed by atoms with Crippen LogP contribution in [-0.4, -0.2) is 133 Å². The highest BCUT2D eigenvalue weighted by Crippen LogP contribution is 2.67. The number of amides is 4. The number of piperidine rings is 4. The van der Waals surface area contributed by atoms with Crippen LogP contribution in [0.2, 0.25) is 0 Å². The number of likely N-dealkylation sites (tertiary alicyclic amines) is 4. The minimum absolute atomic E-state index is 0.0125. The Bertz CT molecular complexity index is 2970. The lowest BCUT2D eigenvalue weighted by molar-refractivity contribution is -0.177. The van der Waals surface area contributed by atoms with Crippen molar-refractivity contribution in [2.24, 2.45) is 134 Å². The summed E-state index contributed by atoms with van der Waals surface area (Å²) in [5, 5.41) is 10.9. The molecule has 4 amide bonds. The second kappa shape index (κ2) is 20.8. The molecule has 90 heavy (non-hydrogen) atoms. The second-order valence-corrected chi connectivity index (χ2v) is 35.9. The summed E-state index contributed by atoms with van der Waals surface area (Å²) in [5.74, 6) is 10.2. The average Bonchev–Trinajstić information content (AvgIpc) is 1.38. The van der Waals surface area contributed by atoms with E-state index in [-0.39, 0.29) is 88.7 Å². The summed E-state index contributed by atoms with van der Waals surface area (Å²) in [6.45, 7) is 29.5. The summed E-state index contributed by atoms with van der Waals surface area (Å²) in [5.41, 5.74) is 24.0. The van der Waals surface area contributed by atoms with Crippen LogP contribution in [0, 0.1) is 137 Å². The van der Waals surface area contributed by atoms with Crippen LogP contribution in [0.15, 0.2) is 0 Å². The van der Waals surface area contributed by atoms with Gasteiger partial charge in [-0.05, 0) is 284 Å². The van der Waals surface area contributed by atoms with Crippen molar-refractivity contribution in [1.29, 1.82) is 0 Å². The number of halogens is 1. The van der Waals surface area contributed by atoms with Crippen molar-refractivity contribution in [2.45, 2.75) is 283 Å². The van der Waals surface area contributed by atoms with Gasteiger partial charge < -0.3 is 28.0 Å². The van der Waals surface area contributed by atoms with Gasteiger partial charge in [0, 0.05) is 49.9 Å². The number of hydrogen-bond acceptors (Lipinski definition) is 9. The van der Waals surface area contributed by atoms with Crippen molar-refractivity contribution in [3.05, 3.63) is 45.7 Å². The number of fused-ring (bicyclic) bond motifs is 4. The molecule has 0 aromatic heterocycles. The number of nitrogens with zero attached hydrogens (tertiary/aromatic N) is 8. The van der Waals surface area contributed by atoms with Gasteiger partial charge in [0.15, 0.2) is 0 Å². The maximum atomic E-state index is 15.1. The SMILES string of the molecule is [C-]#[N+][C@@H]1C[C@@H]2CC2N1C(=O)[C@@H](N)C12CC3CC(CC(C3)C1)C2.[C-]#[N+][C@@H]1C[C@@H]2CC2N1C(=O)[C@@H](N)C12CC3CC(CC(F)(C3)C1)C2.[C-]#[N+][C@@H]1C[C@@H]2CC2N1C(=O)[C@@H](N)C12CC3CC(CC(O)(C3)C1)C2.[C-]#[N+][C@@H]1C[C@@H]2CC2N1C(=O)[C@@H](N)C1C2CC3CC(C2)CC1C3. The Kier molecular flexibility index (Phi) is 13.7. The molecule has 484 valence electrons. The van der Waals surface area contributed by atoms with Gasteiger partial charge in [0.05, 0.1) is 29.8 Å². The maximum absolute atomic E-state index is 15.1. The van der Waals surface area contributed by atoms with Gasteiger partial charge in [-0.1, -0.05) is 0 Å². The molecule has 0 radical (unpaired) electrons. The van der Waals surface area contributed by atoms with Gasteiger partial charge in [0.25, 0.3) is 0 Å². The third-order valence-corrected chi connectivity index (χ3v) is 29.9. The third kappa shape index (κ3) is 9.53. The Morgan fingerprint density at radius 2 is 0.667 bits per heavy atom. The van der Waals surface area contributed by atoms with Crippen molar-refractivity contribution in [1.82, 2.24) is 19.6 Å². The van der Waals surface area contributed by atoms with Gasteiger partial charge in [0.1, 0.15) is 5.67 Å². The zero-order chi connectivity index (χ0) is 62.0. The number of hydrogen-bond donors (Lipinski definition) is 5. The predicted octanol–water partition coefficient (Wildman–Crippen LogP) is 8.65. The molecule has 20 atom stereocenters. The highest BCUT2D eigenvalue weighted by Gasteiger charge is 2.68. The molecule has 17 nitrogen and oxygen atoms in total. The van der Waals surface area contributed by atoms with E-state index in [9.17, 15) is 24.3 Å². The third-order valence-electron chi connectivity index (χ3n) is 29.9. The molecule has 16 bridgehead atoms. The lowest BCUT2D eigenvalue weighted by atomic mass is 9.46.